The zero-order valence-electron chi connectivity index (χ0n) is 12.6. The normalized spacial score (nSPS) is 25.9. The summed E-state index contributed by atoms with van der Waals surface area (Å²) < 4.78 is 0. The van der Waals surface area contributed by atoms with Crippen LogP contribution in [0.25, 0.3) is 0 Å². The second kappa shape index (κ2) is 7.16. The molecule has 2 nitrogen and oxygen atoms in total. The Balaban J connectivity index is 2.46. The van der Waals surface area contributed by atoms with Gasteiger partial charge < -0.3 is 5.32 Å². The van der Waals surface area contributed by atoms with E-state index in [0.29, 0.717) is 17.5 Å². The Morgan fingerprint density at radius 2 is 2.06 bits per heavy atom. The van der Waals surface area contributed by atoms with Gasteiger partial charge in [0.15, 0.2) is 0 Å². The van der Waals surface area contributed by atoms with Crippen LogP contribution >= 0.6 is 0 Å². The van der Waals surface area contributed by atoms with Crippen molar-refractivity contribution < 1.29 is 0 Å². The Labute approximate surface area is 114 Å². The standard InChI is InChI=1S/C16H30N2/c1-6-8-9-10-11-18-13-15(16(3,4)5)17-12-14(18)7-2/h1,14-15,17H,7-13H2,2-5H3. The van der Waals surface area contributed by atoms with E-state index in [1.807, 2.05) is 0 Å². The monoisotopic (exact) mass is 250 g/mol. The van der Waals surface area contributed by atoms with Crippen LogP contribution in [0.3, 0.4) is 0 Å². The van der Waals surface area contributed by atoms with Crippen molar-refractivity contribution in [3.8, 4) is 12.3 Å². The number of piperazine rings is 1. The Morgan fingerprint density at radius 3 is 2.61 bits per heavy atom. The van der Waals surface area contributed by atoms with Crippen LogP contribution in [0.2, 0.25) is 0 Å². The van der Waals surface area contributed by atoms with Crippen LogP contribution in [0.15, 0.2) is 0 Å². The summed E-state index contributed by atoms with van der Waals surface area (Å²) in [4.78, 5) is 2.67. The molecule has 0 spiro atoms. The second-order valence-corrected chi connectivity index (χ2v) is 6.55. The minimum Gasteiger partial charge on any atom is -0.311 e. The van der Waals surface area contributed by atoms with Crippen LogP contribution in [0.1, 0.15) is 53.4 Å². The van der Waals surface area contributed by atoms with Crippen LogP contribution in [0.5, 0.6) is 0 Å². The summed E-state index contributed by atoms with van der Waals surface area (Å²) in [7, 11) is 0. The van der Waals surface area contributed by atoms with Crippen LogP contribution in [-0.4, -0.2) is 36.6 Å². The average Bonchev–Trinajstić information content (AvgIpc) is 2.33. The fourth-order valence-electron chi connectivity index (χ4n) is 2.65. The topological polar surface area (TPSA) is 15.3 Å². The zero-order chi connectivity index (χ0) is 13.6. The number of hydrogen-bond donors (Lipinski definition) is 1. The molecule has 1 saturated heterocycles. The van der Waals surface area contributed by atoms with Crippen molar-refractivity contribution in [1.82, 2.24) is 10.2 Å². The first-order valence-corrected chi connectivity index (χ1v) is 7.40. The molecule has 1 rings (SSSR count). The third-order valence-electron chi connectivity index (χ3n) is 4.07. The van der Waals surface area contributed by atoms with Gasteiger partial charge in [0.1, 0.15) is 0 Å². The van der Waals surface area contributed by atoms with Gasteiger partial charge in [0.2, 0.25) is 0 Å². The number of nitrogens with one attached hydrogen (secondary N) is 1. The highest BCUT2D eigenvalue weighted by Gasteiger charge is 2.32. The summed E-state index contributed by atoms with van der Waals surface area (Å²) in [5.41, 5.74) is 0.343. The van der Waals surface area contributed by atoms with E-state index in [1.54, 1.807) is 0 Å². The molecule has 1 N–H and O–H groups in total. The van der Waals surface area contributed by atoms with Gasteiger partial charge in [-0.2, -0.15) is 0 Å². The zero-order valence-corrected chi connectivity index (χ0v) is 12.6. The Morgan fingerprint density at radius 1 is 1.33 bits per heavy atom. The van der Waals surface area contributed by atoms with Crippen LogP contribution in [-0.2, 0) is 0 Å². The van der Waals surface area contributed by atoms with Crippen molar-refractivity contribution >= 4 is 0 Å². The lowest BCUT2D eigenvalue weighted by molar-refractivity contribution is 0.0823. The van der Waals surface area contributed by atoms with Crippen molar-refractivity contribution in [3.63, 3.8) is 0 Å². The molecule has 0 aromatic carbocycles. The molecule has 0 amide bonds. The molecule has 2 atom stereocenters. The lowest BCUT2D eigenvalue weighted by Gasteiger charge is -2.45. The highest BCUT2D eigenvalue weighted by atomic mass is 15.2. The first-order chi connectivity index (χ1) is 8.49. The maximum Gasteiger partial charge on any atom is 0.0244 e. The summed E-state index contributed by atoms with van der Waals surface area (Å²) in [5.74, 6) is 2.73. The summed E-state index contributed by atoms with van der Waals surface area (Å²) in [6.45, 7) is 12.8. The van der Waals surface area contributed by atoms with E-state index in [9.17, 15) is 0 Å². The smallest absolute Gasteiger partial charge is 0.0244 e. The van der Waals surface area contributed by atoms with Crippen molar-refractivity contribution in [2.45, 2.75) is 65.5 Å². The molecule has 104 valence electrons. The highest BCUT2D eigenvalue weighted by molar-refractivity contribution is 4.91. The Kier molecular flexibility index (Phi) is 6.18. The van der Waals surface area contributed by atoms with Gasteiger partial charge in [0.05, 0.1) is 0 Å². The van der Waals surface area contributed by atoms with E-state index in [4.69, 9.17) is 6.42 Å². The van der Waals surface area contributed by atoms with Gasteiger partial charge in [-0.1, -0.05) is 27.7 Å². The Bertz CT molecular complexity index is 272. The molecule has 1 fully saturated rings. The molecule has 0 saturated carbocycles. The third kappa shape index (κ3) is 4.63. The summed E-state index contributed by atoms with van der Waals surface area (Å²) in [6.07, 6.45) is 9.86. The van der Waals surface area contributed by atoms with Gasteiger partial charge in [0.25, 0.3) is 0 Å². The van der Waals surface area contributed by atoms with Gasteiger partial charge in [-0.3, -0.25) is 4.90 Å². The number of unbranched alkanes of at least 4 members (excludes halogenated alkanes) is 2. The summed E-state index contributed by atoms with van der Waals surface area (Å²) >= 11 is 0. The maximum absolute atomic E-state index is 5.31. The number of hydrogen-bond acceptors (Lipinski definition) is 2. The molecule has 0 aliphatic carbocycles. The third-order valence-corrected chi connectivity index (χ3v) is 4.07. The van der Waals surface area contributed by atoms with Crippen molar-refractivity contribution in [3.05, 3.63) is 0 Å². The molecule has 2 unspecified atom stereocenters. The minimum atomic E-state index is 0.343. The number of terminal acetylenes is 1. The van der Waals surface area contributed by atoms with E-state index in [1.165, 1.54) is 25.9 Å². The van der Waals surface area contributed by atoms with E-state index >= 15 is 0 Å². The van der Waals surface area contributed by atoms with E-state index in [2.05, 4.69) is 43.8 Å². The maximum atomic E-state index is 5.31. The predicted octanol–water partition coefficient (Wildman–Crippen LogP) is 2.89. The molecule has 18 heavy (non-hydrogen) atoms. The first kappa shape index (κ1) is 15.5. The fraction of sp³-hybridized carbons (Fsp3) is 0.875. The highest BCUT2D eigenvalue weighted by Crippen LogP contribution is 2.24. The molecule has 1 aliphatic heterocycles. The molecule has 1 heterocycles. The van der Waals surface area contributed by atoms with Gasteiger partial charge in [0, 0.05) is 31.6 Å². The molecule has 0 radical (unpaired) electrons. The number of rotatable bonds is 5. The van der Waals surface area contributed by atoms with Crippen LogP contribution < -0.4 is 5.32 Å². The molecule has 0 aromatic rings. The van der Waals surface area contributed by atoms with Gasteiger partial charge in [-0.15, -0.1) is 12.3 Å². The van der Waals surface area contributed by atoms with Gasteiger partial charge in [-0.05, 0) is 31.2 Å². The molecular weight excluding hydrogens is 220 g/mol. The molecule has 0 bridgehead atoms. The largest absolute Gasteiger partial charge is 0.311 e. The molecule has 2 heteroatoms. The second-order valence-electron chi connectivity index (χ2n) is 6.55. The quantitative estimate of drug-likeness (QED) is 0.596. The molecule has 1 aliphatic rings. The predicted molar refractivity (Wildman–Crippen MR) is 79.6 cm³/mol. The summed E-state index contributed by atoms with van der Waals surface area (Å²) in [5, 5.41) is 3.72. The average molecular weight is 250 g/mol. The lowest BCUT2D eigenvalue weighted by atomic mass is 9.84. The van der Waals surface area contributed by atoms with Gasteiger partial charge >= 0.3 is 0 Å². The van der Waals surface area contributed by atoms with E-state index in [0.717, 1.165) is 19.4 Å². The Hall–Kier alpha value is -0.520. The van der Waals surface area contributed by atoms with Crippen LogP contribution in [0, 0.1) is 17.8 Å². The SMILES string of the molecule is C#CCCCCN1CC(C(C)(C)C)NCC1CC. The first-order valence-electron chi connectivity index (χ1n) is 7.40. The number of nitrogens with zero attached hydrogens (tertiary/aromatic N) is 1. The van der Waals surface area contributed by atoms with Crippen molar-refractivity contribution in [1.29, 1.82) is 0 Å². The summed E-state index contributed by atoms with van der Waals surface area (Å²) in [6, 6.07) is 1.31. The fourth-order valence-corrected chi connectivity index (χ4v) is 2.65. The van der Waals surface area contributed by atoms with E-state index in [-0.39, 0.29) is 0 Å². The van der Waals surface area contributed by atoms with Gasteiger partial charge in [-0.25, -0.2) is 0 Å². The molecule has 0 aromatic heterocycles. The van der Waals surface area contributed by atoms with Crippen molar-refractivity contribution in [2.24, 2.45) is 5.41 Å². The van der Waals surface area contributed by atoms with Crippen LogP contribution in [0.4, 0.5) is 0 Å². The lowest BCUT2D eigenvalue weighted by Crippen LogP contribution is -2.60. The minimum absolute atomic E-state index is 0.343. The molecular formula is C16H30N2. The van der Waals surface area contributed by atoms with E-state index < -0.39 is 0 Å². The van der Waals surface area contributed by atoms with Crippen molar-refractivity contribution in [2.75, 3.05) is 19.6 Å².